The Balaban J connectivity index is 1.54. The number of fused-ring (bicyclic) bond motifs is 1. The number of rotatable bonds is 9. The highest BCUT2D eigenvalue weighted by atomic mass is 16.5. The SMILES string of the molecule is N=Cc1cc(OCCc2ccc3c(n2)NCCC3)ccc1NCCC(=O)O. The van der Waals surface area contributed by atoms with E-state index >= 15 is 0 Å². The molecule has 0 bridgehead atoms. The second-order valence-electron chi connectivity index (χ2n) is 6.40. The van der Waals surface area contributed by atoms with Crippen LogP contribution >= 0.6 is 0 Å². The van der Waals surface area contributed by atoms with Crippen molar-refractivity contribution in [2.75, 3.05) is 30.3 Å². The van der Waals surface area contributed by atoms with Crippen molar-refractivity contribution >= 4 is 23.7 Å². The van der Waals surface area contributed by atoms with Gasteiger partial charge in [0.15, 0.2) is 0 Å². The second kappa shape index (κ2) is 9.02. The molecule has 0 saturated carbocycles. The summed E-state index contributed by atoms with van der Waals surface area (Å²) in [5.41, 5.74) is 3.64. The van der Waals surface area contributed by atoms with Crippen molar-refractivity contribution in [3.63, 3.8) is 0 Å². The fraction of sp³-hybridized carbons (Fsp3) is 0.350. The lowest BCUT2D eigenvalue weighted by atomic mass is 10.1. The standard InChI is InChI=1S/C20H24N4O3/c21-13-15-12-17(5-6-18(15)22-10-7-19(25)26)27-11-8-16-4-3-14-2-1-9-23-20(14)24-16/h3-6,12-13,21-22H,1-2,7-11H2,(H,23,24)(H,25,26). The van der Waals surface area contributed by atoms with Crippen molar-refractivity contribution in [2.45, 2.75) is 25.7 Å². The summed E-state index contributed by atoms with van der Waals surface area (Å²) in [6.07, 6.45) is 4.18. The molecule has 3 rings (SSSR count). The quantitative estimate of drug-likeness (QED) is 0.507. The Kier molecular flexibility index (Phi) is 6.25. The molecule has 2 aromatic rings. The number of carboxylic acid groups (broad SMARTS) is 1. The highest BCUT2D eigenvalue weighted by molar-refractivity contribution is 5.86. The minimum atomic E-state index is -0.857. The van der Waals surface area contributed by atoms with Crippen molar-refractivity contribution < 1.29 is 14.6 Å². The van der Waals surface area contributed by atoms with Crippen molar-refractivity contribution in [1.82, 2.24) is 4.98 Å². The molecule has 0 radical (unpaired) electrons. The van der Waals surface area contributed by atoms with E-state index in [0.717, 1.165) is 36.6 Å². The van der Waals surface area contributed by atoms with Gasteiger partial charge in [0.25, 0.3) is 0 Å². The number of carboxylic acids is 1. The third-order valence-electron chi connectivity index (χ3n) is 4.41. The maximum absolute atomic E-state index is 10.6. The van der Waals surface area contributed by atoms with Crippen LogP contribution in [0.15, 0.2) is 30.3 Å². The Morgan fingerprint density at radius 1 is 1.37 bits per heavy atom. The molecular weight excluding hydrogens is 344 g/mol. The zero-order valence-electron chi connectivity index (χ0n) is 15.1. The topological polar surface area (TPSA) is 107 Å². The van der Waals surface area contributed by atoms with Crippen molar-refractivity contribution in [1.29, 1.82) is 5.41 Å². The van der Waals surface area contributed by atoms with Gasteiger partial charge in [0.05, 0.1) is 13.0 Å². The first-order valence-corrected chi connectivity index (χ1v) is 9.11. The summed E-state index contributed by atoms with van der Waals surface area (Å²) in [4.78, 5) is 15.3. The molecule has 0 amide bonds. The van der Waals surface area contributed by atoms with E-state index in [9.17, 15) is 4.79 Å². The molecule has 0 fully saturated rings. The first-order chi connectivity index (χ1) is 13.2. The van der Waals surface area contributed by atoms with Gasteiger partial charge in [-0.25, -0.2) is 4.98 Å². The van der Waals surface area contributed by atoms with Crippen LogP contribution in [0.4, 0.5) is 11.5 Å². The molecule has 2 heterocycles. The molecular formula is C20H24N4O3. The van der Waals surface area contributed by atoms with Gasteiger partial charge in [-0.15, -0.1) is 0 Å². The van der Waals surface area contributed by atoms with E-state index in [-0.39, 0.29) is 6.42 Å². The van der Waals surface area contributed by atoms with Gasteiger partial charge in [-0.1, -0.05) is 6.07 Å². The number of nitrogens with one attached hydrogen (secondary N) is 3. The van der Waals surface area contributed by atoms with Crippen LogP contribution in [0.3, 0.4) is 0 Å². The van der Waals surface area contributed by atoms with Crippen LogP contribution < -0.4 is 15.4 Å². The maximum Gasteiger partial charge on any atom is 0.305 e. The number of hydrogen-bond acceptors (Lipinski definition) is 6. The monoisotopic (exact) mass is 368 g/mol. The Morgan fingerprint density at radius 2 is 2.26 bits per heavy atom. The molecule has 1 aromatic heterocycles. The molecule has 7 nitrogen and oxygen atoms in total. The van der Waals surface area contributed by atoms with Crippen LogP contribution in [0.1, 0.15) is 29.7 Å². The normalized spacial score (nSPS) is 12.6. The van der Waals surface area contributed by atoms with Gasteiger partial charge in [0.1, 0.15) is 11.6 Å². The van der Waals surface area contributed by atoms with Gasteiger partial charge < -0.3 is 25.9 Å². The lowest BCUT2D eigenvalue weighted by molar-refractivity contribution is -0.136. The number of aryl methyl sites for hydroxylation is 1. The highest BCUT2D eigenvalue weighted by Gasteiger charge is 2.10. The van der Waals surface area contributed by atoms with E-state index in [0.29, 0.717) is 30.9 Å². The van der Waals surface area contributed by atoms with Crippen molar-refractivity contribution in [2.24, 2.45) is 0 Å². The second-order valence-corrected chi connectivity index (χ2v) is 6.40. The molecule has 4 N–H and O–H groups in total. The molecule has 142 valence electrons. The van der Waals surface area contributed by atoms with Gasteiger partial charge >= 0.3 is 5.97 Å². The average molecular weight is 368 g/mol. The molecule has 0 saturated heterocycles. The van der Waals surface area contributed by atoms with Crippen LogP contribution in [0.25, 0.3) is 0 Å². The molecule has 7 heteroatoms. The Labute approximate surface area is 158 Å². The lowest BCUT2D eigenvalue weighted by Crippen LogP contribution is -2.14. The van der Waals surface area contributed by atoms with Crippen molar-refractivity contribution in [3.8, 4) is 5.75 Å². The highest BCUT2D eigenvalue weighted by Crippen LogP contribution is 2.22. The van der Waals surface area contributed by atoms with Crippen LogP contribution in [0, 0.1) is 5.41 Å². The number of hydrogen-bond donors (Lipinski definition) is 4. The fourth-order valence-electron chi connectivity index (χ4n) is 3.00. The fourth-order valence-corrected chi connectivity index (χ4v) is 3.00. The summed E-state index contributed by atoms with van der Waals surface area (Å²) in [6.45, 7) is 1.78. The Bertz CT molecular complexity index is 823. The first-order valence-electron chi connectivity index (χ1n) is 9.11. The minimum Gasteiger partial charge on any atom is -0.493 e. The summed E-state index contributed by atoms with van der Waals surface area (Å²) in [6, 6.07) is 9.58. The van der Waals surface area contributed by atoms with E-state index in [1.165, 1.54) is 11.8 Å². The Morgan fingerprint density at radius 3 is 3.07 bits per heavy atom. The van der Waals surface area contributed by atoms with Gasteiger partial charge in [0, 0.05) is 42.7 Å². The predicted octanol–water partition coefficient (Wildman–Crippen LogP) is 2.95. The van der Waals surface area contributed by atoms with Gasteiger partial charge in [-0.3, -0.25) is 4.79 Å². The van der Waals surface area contributed by atoms with Gasteiger partial charge in [-0.2, -0.15) is 0 Å². The zero-order valence-corrected chi connectivity index (χ0v) is 15.1. The van der Waals surface area contributed by atoms with E-state index in [1.54, 1.807) is 12.1 Å². The molecule has 1 aliphatic rings. The number of aromatic nitrogens is 1. The van der Waals surface area contributed by atoms with Crippen LogP contribution in [0.2, 0.25) is 0 Å². The molecule has 0 spiro atoms. The predicted molar refractivity (Wildman–Crippen MR) is 105 cm³/mol. The number of carbonyl (C=O) groups is 1. The number of pyridine rings is 1. The van der Waals surface area contributed by atoms with Crippen LogP contribution in [-0.2, 0) is 17.6 Å². The smallest absolute Gasteiger partial charge is 0.305 e. The van der Waals surface area contributed by atoms with E-state index < -0.39 is 5.97 Å². The molecule has 0 atom stereocenters. The number of ether oxygens (including phenoxy) is 1. The Hall–Kier alpha value is -3.09. The molecule has 1 aliphatic heterocycles. The third kappa shape index (κ3) is 5.20. The van der Waals surface area contributed by atoms with Gasteiger partial charge in [-0.05, 0) is 42.7 Å². The van der Waals surface area contributed by atoms with Gasteiger partial charge in [0.2, 0.25) is 0 Å². The average Bonchev–Trinajstić information content (AvgIpc) is 2.68. The third-order valence-corrected chi connectivity index (χ3v) is 4.41. The summed E-state index contributed by atoms with van der Waals surface area (Å²) in [7, 11) is 0. The van der Waals surface area contributed by atoms with Crippen molar-refractivity contribution in [3.05, 3.63) is 47.2 Å². The number of benzene rings is 1. The minimum absolute atomic E-state index is 0.0261. The van der Waals surface area contributed by atoms with E-state index in [2.05, 4.69) is 21.7 Å². The molecule has 27 heavy (non-hydrogen) atoms. The molecule has 0 aliphatic carbocycles. The summed E-state index contributed by atoms with van der Waals surface area (Å²) in [5.74, 6) is 0.805. The number of nitrogens with zero attached hydrogens (tertiary/aromatic N) is 1. The maximum atomic E-state index is 10.6. The van der Waals surface area contributed by atoms with E-state index in [1.807, 2.05) is 12.1 Å². The largest absolute Gasteiger partial charge is 0.493 e. The number of aliphatic carboxylic acids is 1. The molecule has 0 unspecified atom stereocenters. The molecule has 1 aromatic carbocycles. The number of anilines is 2. The summed E-state index contributed by atoms with van der Waals surface area (Å²) in [5, 5.41) is 22.6. The van der Waals surface area contributed by atoms with E-state index in [4.69, 9.17) is 15.3 Å². The van der Waals surface area contributed by atoms with Crippen LogP contribution in [-0.4, -0.2) is 42.0 Å². The lowest BCUT2D eigenvalue weighted by Gasteiger charge is -2.17. The summed E-state index contributed by atoms with van der Waals surface area (Å²) < 4.78 is 5.81. The zero-order chi connectivity index (χ0) is 19.1. The summed E-state index contributed by atoms with van der Waals surface area (Å²) >= 11 is 0. The first kappa shape index (κ1) is 18.7. The van der Waals surface area contributed by atoms with Crippen LogP contribution in [0.5, 0.6) is 5.75 Å².